The van der Waals surface area contributed by atoms with Crippen LogP contribution in [-0.4, -0.2) is 24.4 Å². The van der Waals surface area contributed by atoms with Gasteiger partial charge in [0, 0.05) is 31.4 Å². The normalized spacial score (nSPS) is 14.6. The Morgan fingerprint density at radius 2 is 2.21 bits per heavy atom. The van der Waals surface area contributed by atoms with Crippen LogP contribution in [0.2, 0.25) is 0 Å². The molecule has 0 aliphatic heterocycles. The molecular formula is C13H17N3O3. The highest BCUT2D eigenvalue weighted by Crippen LogP contribution is 2.26. The van der Waals surface area contributed by atoms with E-state index in [1.54, 1.807) is 13.1 Å². The zero-order chi connectivity index (χ0) is 13.8. The first-order valence-electron chi connectivity index (χ1n) is 6.36. The van der Waals surface area contributed by atoms with Crippen molar-refractivity contribution < 1.29 is 9.72 Å². The van der Waals surface area contributed by atoms with E-state index >= 15 is 0 Å². The molecule has 1 aliphatic carbocycles. The van der Waals surface area contributed by atoms with Crippen molar-refractivity contribution in [2.24, 2.45) is 5.92 Å². The molecule has 1 aliphatic rings. The summed E-state index contributed by atoms with van der Waals surface area (Å²) < 4.78 is 0. The van der Waals surface area contributed by atoms with Gasteiger partial charge in [0.1, 0.15) is 0 Å². The molecule has 0 spiro atoms. The maximum atomic E-state index is 12.1. The van der Waals surface area contributed by atoms with Gasteiger partial charge in [0.05, 0.1) is 10.5 Å². The molecule has 0 radical (unpaired) electrons. The maximum absolute atomic E-state index is 12.1. The first kappa shape index (κ1) is 13.3. The second-order valence-electron chi connectivity index (χ2n) is 4.74. The van der Waals surface area contributed by atoms with Crippen LogP contribution in [0, 0.1) is 16.0 Å². The summed E-state index contributed by atoms with van der Waals surface area (Å²) in [5.41, 5.74) is 0.834. The SMILES string of the molecule is CNc1ccc([N+](=O)[O-])cc1C(=O)NCC1CCC1. The minimum absolute atomic E-state index is 0.0761. The predicted octanol–water partition coefficient (Wildman–Crippen LogP) is 2.17. The standard InChI is InChI=1S/C13H17N3O3/c1-14-12-6-5-10(16(18)19)7-11(12)13(17)15-8-9-3-2-4-9/h5-7,9,14H,2-4,8H2,1H3,(H,15,17). The number of non-ortho nitro benzene ring substituents is 1. The van der Waals surface area contributed by atoms with Gasteiger partial charge in [-0.3, -0.25) is 14.9 Å². The highest BCUT2D eigenvalue weighted by molar-refractivity contribution is 6.00. The molecule has 1 fully saturated rings. The third kappa shape index (κ3) is 3.01. The van der Waals surface area contributed by atoms with Crippen molar-refractivity contribution in [2.75, 3.05) is 18.9 Å². The minimum Gasteiger partial charge on any atom is -0.387 e. The Balaban J connectivity index is 2.12. The predicted molar refractivity (Wildman–Crippen MR) is 72.3 cm³/mol. The molecule has 0 atom stereocenters. The summed E-state index contributed by atoms with van der Waals surface area (Å²) in [6, 6.07) is 4.24. The van der Waals surface area contributed by atoms with Crippen LogP contribution in [0.15, 0.2) is 18.2 Å². The molecule has 6 nitrogen and oxygen atoms in total. The number of nitro benzene ring substituents is 1. The Labute approximate surface area is 111 Å². The Bertz CT molecular complexity index is 498. The Morgan fingerprint density at radius 1 is 1.47 bits per heavy atom. The second kappa shape index (κ2) is 5.69. The molecule has 2 rings (SSSR count). The van der Waals surface area contributed by atoms with Crippen LogP contribution in [0.1, 0.15) is 29.6 Å². The Kier molecular flexibility index (Phi) is 3.99. The van der Waals surface area contributed by atoms with Crippen LogP contribution in [0.4, 0.5) is 11.4 Å². The fourth-order valence-electron chi connectivity index (χ4n) is 2.08. The van der Waals surface area contributed by atoms with Gasteiger partial charge in [-0.15, -0.1) is 0 Å². The summed E-state index contributed by atoms with van der Waals surface area (Å²) in [7, 11) is 1.68. The summed E-state index contributed by atoms with van der Waals surface area (Å²) in [6.45, 7) is 0.644. The van der Waals surface area contributed by atoms with E-state index in [2.05, 4.69) is 10.6 Å². The summed E-state index contributed by atoms with van der Waals surface area (Å²) >= 11 is 0. The fourth-order valence-corrected chi connectivity index (χ4v) is 2.08. The van der Waals surface area contributed by atoms with Gasteiger partial charge in [0.25, 0.3) is 11.6 Å². The lowest BCUT2D eigenvalue weighted by molar-refractivity contribution is -0.384. The van der Waals surface area contributed by atoms with Crippen molar-refractivity contribution in [1.82, 2.24) is 5.32 Å². The average molecular weight is 263 g/mol. The van der Waals surface area contributed by atoms with E-state index in [1.165, 1.54) is 18.6 Å². The van der Waals surface area contributed by atoms with Gasteiger partial charge < -0.3 is 10.6 Å². The van der Waals surface area contributed by atoms with Crippen molar-refractivity contribution >= 4 is 17.3 Å². The summed E-state index contributed by atoms with van der Waals surface area (Å²) in [4.78, 5) is 22.3. The largest absolute Gasteiger partial charge is 0.387 e. The van der Waals surface area contributed by atoms with Crippen molar-refractivity contribution in [2.45, 2.75) is 19.3 Å². The molecule has 0 unspecified atom stereocenters. The van der Waals surface area contributed by atoms with Gasteiger partial charge in [0.15, 0.2) is 0 Å². The monoisotopic (exact) mass is 263 g/mol. The van der Waals surface area contributed by atoms with Crippen molar-refractivity contribution in [3.63, 3.8) is 0 Å². The van der Waals surface area contributed by atoms with E-state index in [0.717, 1.165) is 12.8 Å². The van der Waals surface area contributed by atoms with E-state index in [-0.39, 0.29) is 11.6 Å². The number of nitrogens with zero attached hydrogens (tertiary/aromatic N) is 1. The van der Waals surface area contributed by atoms with Crippen molar-refractivity contribution in [3.05, 3.63) is 33.9 Å². The number of hydrogen-bond donors (Lipinski definition) is 2. The van der Waals surface area contributed by atoms with E-state index in [9.17, 15) is 14.9 Å². The number of carbonyl (C=O) groups is 1. The number of amides is 1. The van der Waals surface area contributed by atoms with Crippen LogP contribution in [0.5, 0.6) is 0 Å². The first-order chi connectivity index (χ1) is 9.11. The zero-order valence-corrected chi connectivity index (χ0v) is 10.8. The van der Waals surface area contributed by atoms with Crippen LogP contribution in [0.3, 0.4) is 0 Å². The Morgan fingerprint density at radius 3 is 2.74 bits per heavy atom. The van der Waals surface area contributed by atoms with Gasteiger partial charge in [-0.2, -0.15) is 0 Å². The quantitative estimate of drug-likeness (QED) is 0.629. The molecule has 102 valence electrons. The average Bonchev–Trinajstić information content (AvgIpc) is 2.35. The molecule has 0 saturated heterocycles. The maximum Gasteiger partial charge on any atom is 0.270 e. The minimum atomic E-state index is -0.498. The van der Waals surface area contributed by atoms with Gasteiger partial charge in [-0.25, -0.2) is 0 Å². The number of nitro groups is 1. The van der Waals surface area contributed by atoms with E-state index in [0.29, 0.717) is 23.7 Å². The zero-order valence-electron chi connectivity index (χ0n) is 10.8. The third-order valence-corrected chi connectivity index (χ3v) is 3.50. The molecule has 0 bridgehead atoms. The van der Waals surface area contributed by atoms with Crippen LogP contribution in [-0.2, 0) is 0 Å². The van der Waals surface area contributed by atoms with Gasteiger partial charge in [-0.1, -0.05) is 6.42 Å². The second-order valence-corrected chi connectivity index (χ2v) is 4.74. The molecule has 1 amide bonds. The number of anilines is 1. The Hall–Kier alpha value is -2.11. The van der Waals surface area contributed by atoms with Crippen molar-refractivity contribution in [3.8, 4) is 0 Å². The van der Waals surface area contributed by atoms with Gasteiger partial charge >= 0.3 is 0 Å². The smallest absolute Gasteiger partial charge is 0.270 e. The molecule has 19 heavy (non-hydrogen) atoms. The van der Waals surface area contributed by atoms with Crippen LogP contribution in [0.25, 0.3) is 0 Å². The van der Waals surface area contributed by atoms with Crippen LogP contribution >= 0.6 is 0 Å². The van der Waals surface area contributed by atoms with Crippen LogP contribution < -0.4 is 10.6 Å². The molecular weight excluding hydrogens is 246 g/mol. The number of carbonyl (C=O) groups excluding carboxylic acids is 1. The summed E-state index contributed by atoms with van der Waals surface area (Å²) in [6.07, 6.45) is 3.52. The topological polar surface area (TPSA) is 84.3 Å². The van der Waals surface area contributed by atoms with Gasteiger partial charge in [-0.05, 0) is 24.8 Å². The fraction of sp³-hybridized carbons (Fsp3) is 0.462. The molecule has 1 saturated carbocycles. The summed E-state index contributed by atoms with van der Waals surface area (Å²) in [5.74, 6) is 0.292. The highest BCUT2D eigenvalue weighted by atomic mass is 16.6. The lowest BCUT2D eigenvalue weighted by atomic mass is 9.85. The number of hydrogen-bond acceptors (Lipinski definition) is 4. The van der Waals surface area contributed by atoms with E-state index < -0.39 is 4.92 Å². The van der Waals surface area contributed by atoms with E-state index in [4.69, 9.17) is 0 Å². The number of benzene rings is 1. The summed E-state index contributed by atoms with van der Waals surface area (Å²) in [5, 5.41) is 16.5. The molecule has 1 aromatic rings. The highest BCUT2D eigenvalue weighted by Gasteiger charge is 2.20. The molecule has 6 heteroatoms. The lowest BCUT2D eigenvalue weighted by Crippen LogP contribution is -2.32. The molecule has 0 heterocycles. The van der Waals surface area contributed by atoms with E-state index in [1.807, 2.05) is 0 Å². The third-order valence-electron chi connectivity index (χ3n) is 3.50. The number of nitrogens with one attached hydrogen (secondary N) is 2. The van der Waals surface area contributed by atoms with Crippen molar-refractivity contribution in [1.29, 1.82) is 0 Å². The molecule has 0 aromatic heterocycles. The number of rotatable bonds is 5. The molecule has 2 N–H and O–H groups in total. The molecule has 1 aromatic carbocycles. The lowest BCUT2D eigenvalue weighted by Gasteiger charge is -2.25. The first-order valence-corrected chi connectivity index (χ1v) is 6.36. The van der Waals surface area contributed by atoms with Gasteiger partial charge in [0.2, 0.25) is 0 Å².